The van der Waals surface area contributed by atoms with E-state index >= 15 is 0 Å². The number of carbonyl (C=O) groups is 4. The fourth-order valence-electron chi connectivity index (χ4n) is 1.38. The third-order valence-corrected chi connectivity index (χ3v) is 3.59. The molecule has 2 rings (SSSR count). The summed E-state index contributed by atoms with van der Waals surface area (Å²) < 4.78 is 0. The van der Waals surface area contributed by atoms with Crippen molar-refractivity contribution >= 4 is 48.0 Å². The second-order valence-electron chi connectivity index (χ2n) is 3.79. The van der Waals surface area contributed by atoms with Crippen LogP contribution in [0.4, 0.5) is 0 Å². The molecule has 0 N–H and O–H groups in total. The SMILES string of the molecule is CN1C(=O)C=CC1=O.CS.CSC1CC(=O)N(C)C1=O. The third-order valence-electron chi connectivity index (χ3n) is 2.65. The summed E-state index contributed by atoms with van der Waals surface area (Å²) in [6.45, 7) is 0. The molecule has 1 unspecified atom stereocenters. The summed E-state index contributed by atoms with van der Waals surface area (Å²) in [6.07, 6.45) is 6.41. The maximum atomic E-state index is 11.0. The zero-order valence-electron chi connectivity index (χ0n) is 11.8. The predicted octanol–water partition coefficient (Wildman–Crippen LogP) is 0.194. The average Bonchev–Trinajstić information content (AvgIpc) is 2.89. The van der Waals surface area contributed by atoms with Crippen molar-refractivity contribution in [1.29, 1.82) is 0 Å². The number of likely N-dealkylation sites (tertiary alicyclic amines) is 1. The molecule has 20 heavy (non-hydrogen) atoms. The molecule has 0 saturated carbocycles. The fourth-order valence-corrected chi connectivity index (χ4v) is 2.05. The van der Waals surface area contributed by atoms with Crippen molar-refractivity contribution in [2.75, 3.05) is 26.6 Å². The van der Waals surface area contributed by atoms with Gasteiger partial charge < -0.3 is 0 Å². The molecule has 0 radical (unpaired) electrons. The number of hydrogen-bond donors (Lipinski definition) is 1. The first-order valence-electron chi connectivity index (χ1n) is 5.66. The van der Waals surface area contributed by atoms with Crippen LogP contribution in [0.3, 0.4) is 0 Å². The second-order valence-corrected chi connectivity index (χ2v) is 4.83. The van der Waals surface area contributed by atoms with Crippen LogP contribution in [0.15, 0.2) is 12.2 Å². The summed E-state index contributed by atoms with van der Waals surface area (Å²) >= 11 is 4.96. The molecule has 0 aromatic carbocycles. The molecule has 0 aromatic rings. The predicted molar refractivity (Wildman–Crippen MR) is 81.5 cm³/mol. The van der Waals surface area contributed by atoms with Gasteiger partial charge in [-0.25, -0.2) is 0 Å². The molecule has 2 aliphatic heterocycles. The van der Waals surface area contributed by atoms with E-state index in [2.05, 4.69) is 12.6 Å². The van der Waals surface area contributed by atoms with Crippen LogP contribution in [0.25, 0.3) is 0 Å². The van der Waals surface area contributed by atoms with Crippen LogP contribution in [0, 0.1) is 0 Å². The minimum absolute atomic E-state index is 0.0579. The zero-order chi connectivity index (χ0) is 15.9. The average molecular weight is 318 g/mol. The number of hydrogen-bond acceptors (Lipinski definition) is 6. The van der Waals surface area contributed by atoms with Crippen molar-refractivity contribution in [3.63, 3.8) is 0 Å². The summed E-state index contributed by atoms with van der Waals surface area (Å²) in [5.74, 6) is -0.605. The molecule has 0 aliphatic carbocycles. The van der Waals surface area contributed by atoms with Crippen molar-refractivity contribution in [1.82, 2.24) is 9.80 Å². The third kappa shape index (κ3) is 4.68. The Balaban J connectivity index is 0.000000327. The maximum Gasteiger partial charge on any atom is 0.253 e. The molecule has 112 valence electrons. The summed E-state index contributed by atoms with van der Waals surface area (Å²) in [5, 5.41) is -0.127. The zero-order valence-corrected chi connectivity index (χ0v) is 13.5. The number of amides is 4. The Hall–Kier alpha value is -1.28. The Morgan fingerprint density at radius 1 is 1.05 bits per heavy atom. The number of rotatable bonds is 1. The van der Waals surface area contributed by atoms with E-state index in [0.29, 0.717) is 6.42 Å². The van der Waals surface area contributed by atoms with Crippen molar-refractivity contribution < 1.29 is 19.2 Å². The number of nitrogens with zero attached hydrogens (tertiary/aromatic N) is 2. The minimum atomic E-state index is -0.241. The molecule has 0 spiro atoms. The molecular formula is C12H18N2O4S2. The van der Waals surface area contributed by atoms with E-state index in [1.807, 2.05) is 6.26 Å². The van der Waals surface area contributed by atoms with Crippen LogP contribution in [0.2, 0.25) is 0 Å². The van der Waals surface area contributed by atoms with E-state index in [0.717, 1.165) is 4.90 Å². The van der Waals surface area contributed by atoms with Gasteiger partial charge in [0, 0.05) is 32.7 Å². The van der Waals surface area contributed by atoms with Gasteiger partial charge in [0.2, 0.25) is 11.8 Å². The van der Waals surface area contributed by atoms with Crippen molar-refractivity contribution in [2.45, 2.75) is 11.7 Å². The van der Waals surface area contributed by atoms with Crippen molar-refractivity contribution in [2.24, 2.45) is 0 Å². The molecule has 1 saturated heterocycles. The van der Waals surface area contributed by atoms with E-state index < -0.39 is 0 Å². The first-order chi connectivity index (χ1) is 9.38. The number of thiol groups is 1. The fraction of sp³-hybridized carbons (Fsp3) is 0.500. The Bertz CT molecular complexity index is 419. The topological polar surface area (TPSA) is 74.8 Å². The van der Waals surface area contributed by atoms with Gasteiger partial charge in [-0.1, -0.05) is 0 Å². The molecule has 4 amide bonds. The van der Waals surface area contributed by atoms with E-state index in [-0.39, 0.29) is 28.9 Å². The molecular weight excluding hydrogens is 300 g/mol. The Morgan fingerprint density at radius 2 is 1.50 bits per heavy atom. The van der Waals surface area contributed by atoms with Crippen LogP contribution in [0.1, 0.15) is 6.42 Å². The van der Waals surface area contributed by atoms with Gasteiger partial charge in [-0.05, 0) is 12.5 Å². The molecule has 8 heteroatoms. The van der Waals surface area contributed by atoms with Gasteiger partial charge in [-0.3, -0.25) is 29.0 Å². The molecule has 0 aromatic heterocycles. The van der Waals surface area contributed by atoms with Gasteiger partial charge in [-0.2, -0.15) is 24.4 Å². The smallest absolute Gasteiger partial charge is 0.253 e. The van der Waals surface area contributed by atoms with Crippen molar-refractivity contribution in [3.05, 3.63) is 12.2 Å². The number of carbonyl (C=O) groups excluding carboxylic acids is 4. The number of likely N-dealkylation sites (N-methyl/N-ethyl adjacent to an activating group) is 1. The summed E-state index contributed by atoms with van der Waals surface area (Å²) in [6, 6.07) is 0. The van der Waals surface area contributed by atoms with Crippen molar-refractivity contribution in [3.8, 4) is 0 Å². The normalized spacial score (nSPS) is 20.8. The van der Waals surface area contributed by atoms with E-state index in [4.69, 9.17) is 0 Å². The Kier molecular flexibility index (Phi) is 8.24. The van der Waals surface area contributed by atoms with Gasteiger partial charge in [0.05, 0.1) is 5.25 Å². The minimum Gasteiger partial charge on any atom is -0.285 e. The lowest BCUT2D eigenvalue weighted by Crippen LogP contribution is -2.26. The highest BCUT2D eigenvalue weighted by molar-refractivity contribution is 8.00. The highest BCUT2D eigenvalue weighted by Crippen LogP contribution is 2.21. The monoisotopic (exact) mass is 318 g/mol. The molecule has 0 bridgehead atoms. The van der Waals surface area contributed by atoms with Gasteiger partial charge in [0.15, 0.2) is 0 Å². The molecule has 2 aliphatic rings. The maximum absolute atomic E-state index is 11.0. The quantitative estimate of drug-likeness (QED) is 0.552. The lowest BCUT2D eigenvalue weighted by atomic mass is 10.4. The standard InChI is InChI=1S/C6H9NO2S.C5H5NO2.CH4S/c1-7-5(8)3-4(10-2)6(7)9;1-6-4(7)2-3-5(6)8;1-2/h4H,3H2,1-2H3;2-3H,1H3;2H,1H3. The van der Waals surface area contributed by atoms with Gasteiger partial charge in [0.25, 0.3) is 11.8 Å². The van der Waals surface area contributed by atoms with Crippen LogP contribution < -0.4 is 0 Å². The highest BCUT2D eigenvalue weighted by atomic mass is 32.2. The van der Waals surface area contributed by atoms with Crippen LogP contribution >= 0.6 is 24.4 Å². The molecule has 2 heterocycles. The highest BCUT2D eigenvalue weighted by Gasteiger charge is 2.34. The van der Waals surface area contributed by atoms with E-state index in [1.165, 1.54) is 42.9 Å². The van der Waals surface area contributed by atoms with Crippen LogP contribution in [0.5, 0.6) is 0 Å². The first-order valence-corrected chi connectivity index (χ1v) is 7.84. The number of imide groups is 2. The van der Waals surface area contributed by atoms with Gasteiger partial charge in [0.1, 0.15) is 0 Å². The largest absolute Gasteiger partial charge is 0.285 e. The van der Waals surface area contributed by atoms with E-state index in [1.54, 1.807) is 6.26 Å². The molecule has 6 nitrogen and oxygen atoms in total. The second kappa shape index (κ2) is 8.80. The first kappa shape index (κ1) is 18.7. The van der Waals surface area contributed by atoms with Gasteiger partial charge in [-0.15, -0.1) is 0 Å². The Morgan fingerprint density at radius 3 is 1.65 bits per heavy atom. The lowest BCUT2D eigenvalue weighted by Gasteiger charge is -2.04. The Labute approximate surface area is 128 Å². The summed E-state index contributed by atoms with van der Waals surface area (Å²) in [4.78, 5) is 44.9. The molecule has 1 atom stereocenters. The lowest BCUT2D eigenvalue weighted by molar-refractivity contribution is -0.137. The van der Waals surface area contributed by atoms with Gasteiger partial charge >= 0.3 is 0 Å². The summed E-state index contributed by atoms with van der Waals surface area (Å²) in [7, 11) is 2.98. The summed E-state index contributed by atoms with van der Waals surface area (Å²) in [5.41, 5.74) is 0. The van der Waals surface area contributed by atoms with E-state index in [9.17, 15) is 19.2 Å². The van der Waals surface area contributed by atoms with Crippen LogP contribution in [-0.4, -0.2) is 65.3 Å². The van der Waals surface area contributed by atoms with Crippen LogP contribution in [-0.2, 0) is 19.2 Å². The number of thioether (sulfide) groups is 1. The molecule has 1 fully saturated rings.